The number of rotatable bonds is 4. The third-order valence-electron chi connectivity index (χ3n) is 5.06. The van der Waals surface area contributed by atoms with E-state index in [1.807, 2.05) is 36.4 Å². The molecule has 8 heteroatoms. The highest BCUT2D eigenvalue weighted by Crippen LogP contribution is 2.32. The molecule has 2 aromatic carbocycles. The van der Waals surface area contributed by atoms with E-state index < -0.39 is 0 Å². The fourth-order valence-electron chi connectivity index (χ4n) is 3.41. The summed E-state index contributed by atoms with van der Waals surface area (Å²) < 4.78 is 16.0. The lowest BCUT2D eigenvalue weighted by molar-refractivity contribution is 0.102. The molecule has 5 rings (SSSR count). The summed E-state index contributed by atoms with van der Waals surface area (Å²) in [6.07, 6.45) is 0. The third kappa shape index (κ3) is 3.77. The van der Waals surface area contributed by atoms with Crippen LogP contribution in [0, 0.1) is 0 Å². The SMILES string of the molecule is O=C(Nc1ccc(-c2ccc(N3CCOCC3)nn2)cc1)c1ccc2c(c1)OCO2. The predicted octanol–water partition coefficient (Wildman–Crippen LogP) is 2.96. The average molecular weight is 404 g/mol. The molecule has 152 valence electrons. The van der Waals surface area contributed by atoms with Gasteiger partial charge in [-0.15, -0.1) is 10.2 Å². The normalized spacial score (nSPS) is 15.1. The Bertz CT molecular complexity index is 1050. The minimum atomic E-state index is -0.212. The van der Waals surface area contributed by atoms with Crippen molar-refractivity contribution in [2.45, 2.75) is 0 Å². The summed E-state index contributed by atoms with van der Waals surface area (Å²) in [6, 6.07) is 16.6. The molecule has 0 radical (unpaired) electrons. The number of morpholine rings is 1. The van der Waals surface area contributed by atoms with Crippen LogP contribution in [0.15, 0.2) is 54.6 Å². The summed E-state index contributed by atoms with van der Waals surface area (Å²) in [6.45, 7) is 3.25. The van der Waals surface area contributed by atoms with Gasteiger partial charge in [-0.05, 0) is 42.5 Å². The van der Waals surface area contributed by atoms with Crippen LogP contribution in [0.3, 0.4) is 0 Å². The van der Waals surface area contributed by atoms with E-state index in [2.05, 4.69) is 20.4 Å². The smallest absolute Gasteiger partial charge is 0.255 e. The zero-order valence-corrected chi connectivity index (χ0v) is 16.2. The first-order valence-corrected chi connectivity index (χ1v) is 9.74. The van der Waals surface area contributed by atoms with Crippen LogP contribution in [-0.2, 0) is 4.74 Å². The molecule has 1 fully saturated rings. The Balaban J connectivity index is 1.25. The Morgan fingerprint density at radius 3 is 2.47 bits per heavy atom. The Hall–Kier alpha value is -3.65. The van der Waals surface area contributed by atoms with Crippen LogP contribution in [0.4, 0.5) is 11.5 Å². The summed E-state index contributed by atoms with van der Waals surface area (Å²) in [4.78, 5) is 14.7. The van der Waals surface area contributed by atoms with Gasteiger partial charge in [-0.1, -0.05) is 12.1 Å². The second-order valence-electron chi connectivity index (χ2n) is 6.98. The Labute approximate surface area is 173 Å². The van der Waals surface area contributed by atoms with E-state index in [1.165, 1.54) is 0 Å². The van der Waals surface area contributed by atoms with Crippen molar-refractivity contribution >= 4 is 17.4 Å². The lowest BCUT2D eigenvalue weighted by atomic mass is 10.1. The van der Waals surface area contributed by atoms with Crippen LogP contribution >= 0.6 is 0 Å². The van der Waals surface area contributed by atoms with E-state index in [0.717, 1.165) is 30.2 Å². The third-order valence-corrected chi connectivity index (χ3v) is 5.06. The van der Waals surface area contributed by atoms with E-state index in [-0.39, 0.29) is 12.7 Å². The van der Waals surface area contributed by atoms with Crippen LogP contribution in [-0.4, -0.2) is 49.2 Å². The van der Waals surface area contributed by atoms with Gasteiger partial charge in [-0.25, -0.2) is 0 Å². The van der Waals surface area contributed by atoms with E-state index in [0.29, 0.717) is 36.0 Å². The summed E-state index contributed by atoms with van der Waals surface area (Å²) in [5, 5.41) is 11.6. The van der Waals surface area contributed by atoms with Crippen LogP contribution in [0.1, 0.15) is 10.4 Å². The molecule has 2 aliphatic rings. The molecule has 0 atom stereocenters. The van der Waals surface area contributed by atoms with Crippen LogP contribution in [0.25, 0.3) is 11.3 Å². The van der Waals surface area contributed by atoms with Gasteiger partial charge < -0.3 is 24.4 Å². The molecular weight excluding hydrogens is 384 g/mol. The summed E-state index contributed by atoms with van der Waals surface area (Å²) in [5.41, 5.74) is 2.91. The highest BCUT2D eigenvalue weighted by Gasteiger charge is 2.16. The van der Waals surface area contributed by atoms with E-state index in [4.69, 9.17) is 14.2 Å². The zero-order valence-electron chi connectivity index (χ0n) is 16.2. The topological polar surface area (TPSA) is 85.8 Å². The van der Waals surface area contributed by atoms with Gasteiger partial charge in [0.1, 0.15) is 0 Å². The molecule has 0 saturated carbocycles. The van der Waals surface area contributed by atoms with Crippen molar-refractivity contribution in [2.24, 2.45) is 0 Å². The quantitative estimate of drug-likeness (QED) is 0.715. The number of anilines is 2. The first-order valence-electron chi connectivity index (χ1n) is 9.74. The number of carbonyl (C=O) groups is 1. The molecule has 0 unspecified atom stereocenters. The Morgan fingerprint density at radius 2 is 1.70 bits per heavy atom. The van der Waals surface area contributed by atoms with Gasteiger partial charge in [0.15, 0.2) is 17.3 Å². The molecule has 30 heavy (non-hydrogen) atoms. The van der Waals surface area contributed by atoms with Crippen molar-refractivity contribution < 1.29 is 19.0 Å². The number of nitrogens with one attached hydrogen (secondary N) is 1. The Kier molecular flexibility index (Phi) is 4.90. The molecule has 1 amide bonds. The van der Waals surface area contributed by atoms with Crippen molar-refractivity contribution in [3.8, 4) is 22.8 Å². The maximum absolute atomic E-state index is 12.5. The highest BCUT2D eigenvalue weighted by molar-refractivity contribution is 6.04. The molecule has 0 aliphatic carbocycles. The van der Waals surface area contributed by atoms with Gasteiger partial charge in [0.2, 0.25) is 6.79 Å². The van der Waals surface area contributed by atoms with Gasteiger partial charge in [-0.2, -0.15) is 0 Å². The number of benzene rings is 2. The fourth-order valence-corrected chi connectivity index (χ4v) is 3.41. The van der Waals surface area contributed by atoms with Crippen molar-refractivity contribution in [1.82, 2.24) is 10.2 Å². The summed E-state index contributed by atoms with van der Waals surface area (Å²) in [7, 11) is 0. The molecule has 2 aliphatic heterocycles. The minimum Gasteiger partial charge on any atom is -0.454 e. The van der Waals surface area contributed by atoms with Crippen molar-refractivity contribution in [3.05, 3.63) is 60.2 Å². The van der Waals surface area contributed by atoms with Gasteiger partial charge in [-0.3, -0.25) is 4.79 Å². The summed E-state index contributed by atoms with van der Waals surface area (Å²) >= 11 is 0. The molecule has 0 spiro atoms. The largest absolute Gasteiger partial charge is 0.454 e. The maximum atomic E-state index is 12.5. The standard InChI is InChI=1S/C22H20N4O4/c27-22(16-3-7-19-20(13-16)30-14-29-19)23-17-4-1-15(2-5-17)18-6-8-21(25-24-18)26-9-11-28-12-10-26/h1-8,13H,9-12,14H2,(H,23,27). The number of fused-ring (bicyclic) bond motifs is 1. The molecule has 1 aromatic heterocycles. The molecular formula is C22H20N4O4. The number of carbonyl (C=O) groups excluding carboxylic acids is 1. The van der Waals surface area contributed by atoms with Crippen LogP contribution in [0.5, 0.6) is 11.5 Å². The number of nitrogens with zero attached hydrogens (tertiary/aromatic N) is 3. The monoisotopic (exact) mass is 404 g/mol. The first-order chi connectivity index (χ1) is 14.8. The summed E-state index contributed by atoms with van der Waals surface area (Å²) in [5.74, 6) is 1.87. The number of hydrogen-bond donors (Lipinski definition) is 1. The van der Waals surface area contributed by atoms with Crippen molar-refractivity contribution in [3.63, 3.8) is 0 Å². The van der Waals surface area contributed by atoms with E-state index in [9.17, 15) is 4.79 Å². The lowest BCUT2D eigenvalue weighted by Crippen LogP contribution is -2.36. The van der Waals surface area contributed by atoms with Crippen molar-refractivity contribution in [2.75, 3.05) is 43.3 Å². The van der Waals surface area contributed by atoms with E-state index in [1.54, 1.807) is 18.2 Å². The average Bonchev–Trinajstić information content (AvgIpc) is 3.28. The van der Waals surface area contributed by atoms with Gasteiger partial charge >= 0.3 is 0 Å². The van der Waals surface area contributed by atoms with Gasteiger partial charge in [0.25, 0.3) is 5.91 Å². The molecule has 8 nitrogen and oxygen atoms in total. The number of amides is 1. The second kappa shape index (κ2) is 8.00. The predicted molar refractivity (Wildman–Crippen MR) is 111 cm³/mol. The second-order valence-corrected chi connectivity index (χ2v) is 6.98. The molecule has 1 N–H and O–H groups in total. The van der Waals surface area contributed by atoms with E-state index >= 15 is 0 Å². The zero-order chi connectivity index (χ0) is 20.3. The van der Waals surface area contributed by atoms with Crippen LogP contribution in [0.2, 0.25) is 0 Å². The fraction of sp³-hybridized carbons (Fsp3) is 0.227. The minimum absolute atomic E-state index is 0.179. The number of hydrogen-bond acceptors (Lipinski definition) is 7. The highest BCUT2D eigenvalue weighted by atomic mass is 16.7. The van der Waals surface area contributed by atoms with Gasteiger partial charge in [0, 0.05) is 29.9 Å². The van der Waals surface area contributed by atoms with Crippen LogP contribution < -0.4 is 19.7 Å². The molecule has 3 heterocycles. The number of aromatic nitrogens is 2. The first kappa shape index (κ1) is 18.4. The Morgan fingerprint density at radius 1 is 0.900 bits per heavy atom. The lowest BCUT2D eigenvalue weighted by Gasteiger charge is -2.27. The number of ether oxygens (including phenoxy) is 3. The molecule has 0 bridgehead atoms. The maximum Gasteiger partial charge on any atom is 0.255 e. The molecule has 1 saturated heterocycles. The van der Waals surface area contributed by atoms with Crippen molar-refractivity contribution in [1.29, 1.82) is 0 Å². The van der Waals surface area contributed by atoms with Gasteiger partial charge in [0.05, 0.1) is 18.9 Å². The molecule has 3 aromatic rings.